The number of nitrogens with zero attached hydrogens (tertiary/aromatic N) is 1. The number of rotatable bonds is 2. The summed E-state index contributed by atoms with van der Waals surface area (Å²) >= 11 is 0. The van der Waals surface area contributed by atoms with E-state index in [-0.39, 0.29) is 11.7 Å². The van der Waals surface area contributed by atoms with Crippen molar-refractivity contribution in [1.29, 1.82) is 0 Å². The van der Waals surface area contributed by atoms with Gasteiger partial charge in [-0.1, -0.05) is 24.3 Å². The highest BCUT2D eigenvalue weighted by atomic mass is 16.5. The minimum Gasteiger partial charge on any atom is -0.504 e. The van der Waals surface area contributed by atoms with Gasteiger partial charge in [-0.3, -0.25) is 4.79 Å². The van der Waals surface area contributed by atoms with Crippen LogP contribution in [0.15, 0.2) is 42.5 Å². The monoisotopic (exact) mass is 284 g/mol. The number of phenolic OH excluding ortho intramolecular Hbond substituents is 1. The van der Waals surface area contributed by atoms with E-state index in [9.17, 15) is 9.90 Å². The molecule has 0 bridgehead atoms. The molecule has 21 heavy (non-hydrogen) atoms. The van der Waals surface area contributed by atoms with Crippen LogP contribution in [0.4, 0.5) is 5.69 Å². The predicted molar refractivity (Wildman–Crippen MR) is 79.6 cm³/mol. The van der Waals surface area contributed by atoms with E-state index in [0.717, 1.165) is 5.69 Å². The second kappa shape index (κ2) is 5.01. The Kier molecular flexibility index (Phi) is 3.17. The van der Waals surface area contributed by atoms with E-state index < -0.39 is 6.17 Å². The number of hydrogen-bond donors (Lipinski definition) is 2. The molecule has 0 aliphatic carbocycles. The number of para-hydroxylation sites is 2. The van der Waals surface area contributed by atoms with Gasteiger partial charge < -0.3 is 20.1 Å². The van der Waals surface area contributed by atoms with Crippen LogP contribution in [0.2, 0.25) is 0 Å². The molecule has 1 aliphatic rings. The third-order valence-electron chi connectivity index (χ3n) is 3.70. The number of amides is 1. The molecule has 5 heteroatoms. The Balaban J connectivity index is 2.07. The van der Waals surface area contributed by atoms with Crippen LogP contribution in [0.3, 0.4) is 0 Å². The number of hydrogen-bond acceptors (Lipinski definition) is 4. The first kappa shape index (κ1) is 13.3. The summed E-state index contributed by atoms with van der Waals surface area (Å²) in [5, 5.41) is 13.6. The molecule has 1 amide bonds. The third kappa shape index (κ3) is 2.07. The van der Waals surface area contributed by atoms with Crippen LogP contribution in [-0.2, 0) is 0 Å². The minimum absolute atomic E-state index is 0.0385. The zero-order chi connectivity index (χ0) is 15.0. The number of carbonyl (C=O) groups is 1. The maximum absolute atomic E-state index is 12.4. The third-order valence-corrected chi connectivity index (χ3v) is 3.70. The number of benzene rings is 2. The number of ether oxygens (including phenoxy) is 1. The van der Waals surface area contributed by atoms with E-state index in [1.165, 1.54) is 7.11 Å². The molecule has 1 heterocycles. The number of phenols is 1. The van der Waals surface area contributed by atoms with E-state index >= 15 is 0 Å². The molecule has 5 nitrogen and oxygen atoms in total. The van der Waals surface area contributed by atoms with Crippen LogP contribution in [0, 0.1) is 0 Å². The Labute approximate surface area is 122 Å². The quantitative estimate of drug-likeness (QED) is 0.890. The summed E-state index contributed by atoms with van der Waals surface area (Å²) in [5.41, 5.74) is 1.98. The van der Waals surface area contributed by atoms with Gasteiger partial charge in [-0.05, 0) is 18.2 Å². The SMILES string of the molecule is COc1cccc([C@@H]2Nc3ccccc3C(=O)N2C)c1O. The number of fused-ring (bicyclic) bond motifs is 1. The van der Waals surface area contributed by atoms with Gasteiger partial charge in [0.1, 0.15) is 6.17 Å². The fourth-order valence-corrected chi connectivity index (χ4v) is 2.56. The van der Waals surface area contributed by atoms with Gasteiger partial charge in [0.05, 0.1) is 12.7 Å². The average molecular weight is 284 g/mol. The van der Waals surface area contributed by atoms with Crippen LogP contribution in [0.25, 0.3) is 0 Å². The van der Waals surface area contributed by atoms with Crippen molar-refractivity contribution >= 4 is 11.6 Å². The molecule has 0 radical (unpaired) electrons. The molecule has 0 saturated heterocycles. The zero-order valence-corrected chi connectivity index (χ0v) is 11.8. The Morgan fingerprint density at radius 3 is 2.71 bits per heavy atom. The van der Waals surface area contributed by atoms with E-state index in [4.69, 9.17) is 4.74 Å². The second-order valence-corrected chi connectivity index (χ2v) is 4.91. The molecular weight excluding hydrogens is 268 g/mol. The van der Waals surface area contributed by atoms with Gasteiger partial charge in [-0.25, -0.2) is 0 Å². The molecule has 2 aromatic carbocycles. The number of aromatic hydroxyl groups is 1. The van der Waals surface area contributed by atoms with Crippen molar-refractivity contribution in [3.8, 4) is 11.5 Å². The summed E-state index contributed by atoms with van der Waals surface area (Å²) in [4.78, 5) is 14.0. The molecule has 0 aromatic heterocycles. The molecular formula is C16H16N2O3. The Morgan fingerprint density at radius 1 is 1.19 bits per heavy atom. The lowest BCUT2D eigenvalue weighted by molar-refractivity contribution is 0.0734. The van der Waals surface area contributed by atoms with Gasteiger partial charge in [-0.15, -0.1) is 0 Å². The van der Waals surface area contributed by atoms with E-state index in [2.05, 4.69) is 5.32 Å². The largest absolute Gasteiger partial charge is 0.504 e. The first-order valence-electron chi connectivity index (χ1n) is 6.62. The van der Waals surface area contributed by atoms with E-state index in [0.29, 0.717) is 16.9 Å². The van der Waals surface area contributed by atoms with Gasteiger partial charge in [0.25, 0.3) is 5.91 Å². The first-order chi connectivity index (χ1) is 10.1. The highest BCUT2D eigenvalue weighted by Gasteiger charge is 2.31. The molecule has 2 N–H and O–H groups in total. The van der Waals surface area contributed by atoms with Crippen molar-refractivity contribution < 1.29 is 14.6 Å². The van der Waals surface area contributed by atoms with Crippen molar-refractivity contribution in [2.75, 3.05) is 19.5 Å². The Hall–Kier alpha value is -2.69. The second-order valence-electron chi connectivity index (χ2n) is 4.91. The Bertz CT molecular complexity index is 700. The summed E-state index contributed by atoms with van der Waals surface area (Å²) < 4.78 is 5.13. The number of methoxy groups -OCH3 is 1. The maximum atomic E-state index is 12.4. The first-order valence-corrected chi connectivity index (χ1v) is 6.62. The molecule has 3 rings (SSSR count). The van der Waals surface area contributed by atoms with Gasteiger partial charge in [0, 0.05) is 18.3 Å². The standard InChI is InChI=1S/C16H16N2O3/c1-18-15(11-7-5-9-13(21-2)14(11)19)17-12-8-4-3-6-10(12)16(18)20/h3-9,15,17,19H,1-2H3/t15-/m1/s1. The lowest BCUT2D eigenvalue weighted by Crippen LogP contribution is -2.40. The fourth-order valence-electron chi connectivity index (χ4n) is 2.56. The molecule has 2 aromatic rings. The number of carbonyl (C=O) groups excluding carboxylic acids is 1. The molecule has 1 atom stereocenters. The molecule has 0 fully saturated rings. The number of anilines is 1. The zero-order valence-electron chi connectivity index (χ0n) is 11.8. The smallest absolute Gasteiger partial charge is 0.257 e. The van der Waals surface area contributed by atoms with Crippen molar-refractivity contribution in [1.82, 2.24) is 4.90 Å². The van der Waals surface area contributed by atoms with Gasteiger partial charge in [0.2, 0.25) is 0 Å². The molecule has 1 aliphatic heterocycles. The Morgan fingerprint density at radius 2 is 1.95 bits per heavy atom. The number of nitrogens with one attached hydrogen (secondary N) is 1. The summed E-state index contributed by atoms with van der Waals surface area (Å²) in [5.74, 6) is 0.335. The highest BCUT2D eigenvalue weighted by molar-refractivity contribution is 6.01. The van der Waals surface area contributed by atoms with Gasteiger partial charge in [0.15, 0.2) is 11.5 Å². The molecule has 0 saturated carbocycles. The average Bonchev–Trinajstić information content (AvgIpc) is 2.51. The molecule has 0 spiro atoms. The van der Waals surface area contributed by atoms with Crippen molar-refractivity contribution in [2.24, 2.45) is 0 Å². The minimum atomic E-state index is -0.442. The highest BCUT2D eigenvalue weighted by Crippen LogP contribution is 2.39. The summed E-state index contributed by atoms with van der Waals surface area (Å²) in [6, 6.07) is 12.6. The van der Waals surface area contributed by atoms with Crippen LogP contribution in [-0.4, -0.2) is 30.1 Å². The van der Waals surface area contributed by atoms with Crippen LogP contribution in [0.5, 0.6) is 11.5 Å². The van der Waals surface area contributed by atoms with Gasteiger partial charge >= 0.3 is 0 Å². The molecule has 108 valence electrons. The lowest BCUT2D eigenvalue weighted by Gasteiger charge is -2.35. The summed E-state index contributed by atoms with van der Waals surface area (Å²) in [6.07, 6.45) is -0.442. The van der Waals surface area contributed by atoms with Crippen molar-refractivity contribution in [3.05, 3.63) is 53.6 Å². The topological polar surface area (TPSA) is 61.8 Å². The van der Waals surface area contributed by atoms with Gasteiger partial charge in [-0.2, -0.15) is 0 Å². The van der Waals surface area contributed by atoms with Crippen LogP contribution < -0.4 is 10.1 Å². The van der Waals surface area contributed by atoms with Crippen LogP contribution in [0.1, 0.15) is 22.1 Å². The summed E-state index contributed by atoms with van der Waals surface area (Å²) in [7, 11) is 3.20. The van der Waals surface area contributed by atoms with Crippen LogP contribution >= 0.6 is 0 Å². The lowest BCUT2D eigenvalue weighted by atomic mass is 10.0. The molecule has 0 unspecified atom stereocenters. The predicted octanol–water partition coefficient (Wildman–Crippen LogP) is 2.60. The summed E-state index contributed by atoms with van der Waals surface area (Å²) in [6.45, 7) is 0. The maximum Gasteiger partial charge on any atom is 0.257 e. The fraction of sp³-hybridized carbons (Fsp3) is 0.188. The van der Waals surface area contributed by atoms with Crippen molar-refractivity contribution in [2.45, 2.75) is 6.17 Å². The normalized spacial score (nSPS) is 17.1. The van der Waals surface area contributed by atoms with E-state index in [1.807, 2.05) is 18.2 Å². The van der Waals surface area contributed by atoms with Crippen molar-refractivity contribution in [3.63, 3.8) is 0 Å². The van der Waals surface area contributed by atoms with E-state index in [1.54, 1.807) is 36.2 Å².